The van der Waals surface area contributed by atoms with E-state index in [4.69, 9.17) is 5.73 Å². The topological polar surface area (TPSA) is 32.5 Å². The predicted octanol–water partition coefficient (Wildman–Crippen LogP) is 2.31. The molecule has 2 aliphatic rings. The van der Waals surface area contributed by atoms with E-state index >= 15 is 0 Å². The van der Waals surface area contributed by atoms with Gasteiger partial charge in [-0.25, -0.2) is 0 Å². The summed E-state index contributed by atoms with van der Waals surface area (Å²) < 4.78 is 0. The fourth-order valence-electron chi connectivity index (χ4n) is 4.40. The van der Waals surface area contributed by atoms with Crippen molar-refractivity contribution in [2.45, 2.75) is 71.0 Å². The molecule has 1 heterocycles. The smallest absolute Gasteiger partial charge is 0.0383 e. The van der Waals surface area contributed by atoms with E-state index in [-0.39, 0.29) is 5.54 Å². The molecule has 0 radical (unpaired) electrons. The van der Waals surface area contributed by atoms with Crippen LogP contribution in [0.25, 0.3) is 0 Å². The average Bonchev–Trinajstić information content (AvgIpc) is 2.35. The minimum Gasteiger partial charge on any atom is -0.329 e. The quantitative estimate of drug-likeness (QED) is 0.833. The standard InChI is InChI=1S/C16H33N3/c1-13-10-19(11-14(2)18(13)5)16(12-17)9-7-6-8-15(16,3)4/h13-14H,6-12,17H2,1-5H3. The van der Waals surface area contributed by atoms with Crippen molar-refractivity contribution in [1.29, 1.82) is 0 Å². The predicted molar refractivity (Wildman–Crippen MR) is 82.3 cm³/mol. The van der Waals surface area contributed by atoms with Crippen LogP contribution in [0.4, 0.5) is 0 Å². The summed E-state index contributed by atoms with van der Waals surface area (Å²) in [5.74, 6) is 0. The Bertz CT molecular complexity index is 303. The first-order valence-electron chi connectivity index (χ1n) is 8.01. The van der Waals surface area contributed by atoms with Gasteiger partial charge < -0.3 is 5.73 Å². The lowest BCUT2D eigenvalue weighted by Gasteiger charge is -2.59. The molecular weight excluding hydrogens is 234 g/mol. The van der Waals surface area contributed by atoms with Gasteiger partial charge in [-0.05, 0) is 39.2 Å². The maximum absolute atomic E-state index is 6.31. The Morgan fingerprint density at radius 2 is 1.58 bits per heavy atom. The van der Waals surface area contributed by atoms with Crippen molar-refractivity contribution in [2.24, 2.45) is 11.1 Å². The zero-order chi connectivity index (χ0) is 14.3. The van der Waals surface area contributed by atoms with Crippen LogP contribution in [-0.4, -0.2) is 54.1 Å². The number of rotatable bonds is 2. The van der Waals surface area contributed by atoms with Gasteiger partial charge in [0.2, 0.25) is 0 Å². The van der Waals surface area contributed by atoms with Crippen molar-refractivity contribution >= 4 is 0 Å². The molecule has 2 fully saturated rings. The Kier molecular flexibility index (Phi) is 4.29. The molecule has 0 aromatic heterocycles. The van der Waals surface area contributed by atoms with Gasteiger partial charge in [0.1, 0.15) is 0 Å². The van der Waals surface area contributed by atoms with Gasteiger partial charge in [0, 0.05) is 37.3 Å². The number of nitrogens with two attached hydrogens (primary N) is 1. The minimum absolute atomic E-state index is 0.217. The van der Waals surface area contributed by atoms with Crippen molar-refractivity contribution in [2.75, 3.05) is 26.7 Å². The fraction of sp³-hybridized carbons (Fsp3) is 1.00. The van der Waals surface area contributed by atoms with Crippen molar-refractivity contribution in [3.63, 3.8) is 0 Å². The number of hydrogen-bond acceptors (Lipinski definition) is 3. The first kappa shape index (κ1) is 15.3. The molecule has 0 spiro atoms. The molecule has 1 saturated heterocycles. The van der Waals surface area contributed by atoms with Crippen LogP contribution in [0, 0.1) is 5.41 Å². The number of likely N-dealkylation sites (N-methyl/N-ethyl adjacent to an activating group) is 1. The van der Waals surface area contributed by atoms with Gasteiger partial charge in [-0.3, -0.25) is 9.80 Å². The van der Waals surface area contributed by atoms with E-state index in [2.05, 4.69) is 44.5 Å². The van der Waals surface area contributed by atoms with Crippen LogP contribution in [0.1, 0.15) is 53.4 Å². The van der Waals surface area contributed by atoms with Crippen LogP contribution in [0.5, 0.6) is 0 Å². The Morgan fingerprint density at radius 3 is 2.05 bits per heavy atom. The summed E-state index contributed by atoms with van der Waals surface area (Å²) in [7, 11) is 2.26. The highest BCUT2D eigenvalue weighted by Crippen LogP contribution is 2.47. The van der Waals surface area contributed by atoms with E-state index in [9.17, 15) is 0 Å². The van der Waals surface area contributed by atoms with Gasteiger partial charge in [0.05, 0.1) is 0 Å². The zero-order valence-electron chi connectivity index (χ0n) is 13.6. The Morgan fingerprint density at radius 1 is 1.05 bits per heavy atom. The van der Waals surface area contributed by atoms with E-state index in [0.717, 1.165) is 6.54 Å². The summed E-state index contributed by atoms with van der Waals surface area (Å²) in [4.78, 5) is 5.25. The van der Waals surface area contributed by atoms with E-state index in [0.29, 0.717) is 17.5 Å². The van der Waals surface area contributed by atoms with Gasteiger partial charge in [0.15, 0.2) is 0 Å². The molecule has 2 N–H and O–H groups in total. The lowest BCUT2D eigenvalue weighted by atomic mass is 9.62. The highest BCUT2D eigenvalue weighted by Gasteiger charge is 2.51. The normalized spacial score (nSPS) is 41.4. The fourth-order valence-corrected chi connectivity index (χ4v) is 4.40. The molecule has 0 bridgehead atoms. The third-order valence-electron chi connectivity index (χ3n) is 6.20. The molecule has 0 aromatic rings. The summed E-state index contributed by atoms with van der Waals surface area (Å²) in [5, 5.41) is 0. The molecule has 1 aliphatic heterocycles. The summed E-state index contributed by atoms with van der Waals surface area (Å²) >= 11 is 0. The van der Waals surface area contributed by atoms with Crippen LogP contribution in [0.15, 0.2) is 0 Å². The first-order chi connectivity index (χ1) is 8.84. The lowest BCUT2D eigenvalue weighted by Crippen LogP contribution is -2.69. The maximum atomic E-state index is 6.31. The SMILES string of the molecule is CC1CN(C2(CN)CCCCC2(C)C)CC(C)N1C. The highest BCUT2D eigenvalue weighted by molar-refractivity contribution is 5.07. The van der Waals surface area contributed by atoms with Crippen molar-refractivity contribution in [3.8, 4) is 0 Å². The number of piperazine rings is 1. The molecule has 3 heteroatoms. The zero-order valence-corrected chi connectivity index (χ0v) is 13.6. The summed E-state index contributed by atoms with van der Waals surface area (Å²) in [6.07, 6.45) is 5.31. The lowest BCUT2D eigenvalue weighted by molar-refractivity contribution is -0.0864. The van der Waals surface area contributed by atoms with Crippen LogP contribution in [-0.2, 0) is 0 Å². The number of nitrogens with zero attached hydrogens (tertiary/aromatic N) is 2. The van der Waals surface area contributed by atoms with Gasteiger partial charge in [0.25, 0.3) is 0 Å². The maximum Gasteiger partial charge on any atom is 0.0383 e. The third kappa shape index (κ3) is 2.45. The van der Waals surface area contributed by atoms with Crippen LogP contribution in [0.3, 0.4) is 0 Å². The second-order valence-corrected chi connectivity index (χ2v) is 7.60. The van der Waals surface area contributed by atoms with Gasteiger partial charge in [-0.1, -0.05) is 26.7 Å². The van der Waals surface area contributed by atoms with Crippen LogP contribution >= 0.6 is 0 Å². The van der Waals surface area contributed by atoms with Gasteiger partial charge in [-0.15, -0.1) is 0 Å². The molecule has 3 unspecified atom stereocenters. The molecule has 0 amide bonds. The van der Waals surface area contributed by atoms with Crippen molar-refractivity contribution in [1.82, 2.24) is 9.80 Å². The summed E-state index contributed by atoms with van der Waals surface area (Å²) in [6.45, 7) is 12.7. The molecular formula is C16H33N3. The third-order valence-corrected chi connectivity index (χ3v) is 6.20. The molecule has 3 atom stereocenters. The van der Waals surface area contributed by atoms with Crippen molar-refractivity contribution in [3.05, 3.63) is 0 Å². The van der Waals surface area contributed by atoms with Crippen LogP contribution < -0.4 is 5.73 Å². The average molecular weight is 267 g/mol. The molecule has 0 aromatic carbocycles. The Hall–Kier alpha value is -0.120. The van der Waals surface area contributed by atoms with Gasteiger partial charge in [-0.2, -0.15) is 0 Å². The molecule has 19 heavy (non-hydrogen) atoms. The minimum atomic E-state index is 0.217. The molecule has 2 rings (SSSR count). The number of hydrogen-bond donors (Lipinski definition) is 1. The Labute approximate surface area is 119 Å². The molecule has 3 nitrogen and oxygen atoms in total. The molecule has 1 aliphatic carbocycles. The Balaban J connectivity index is 2.26. The van der Waals surface area contributed by atoms with E-state index < -0.39 is 0 Å². The molecule has 1 saturated carbocycles. The van der Waals surface area contributed by atoms with E-state index in [1.54, 1.807) is 0 Å². The van der Waals surface area contributed by atoms with E-state index in [1.807, 2.05) is 0 Å². The highest BCUT2D eigenvalue weighted by atomic mass is 15.3. The van der Waals surface area contributed by atoms with Gasteiger partial charge >= 0.3 is 0 Å². The van der Waals surface area contributed by atoms with E-state index in [1.165, 1.54) is 38.8 Å². The first-order valence-corrected chi connectivity index (χ1v) is 8.01. The summed E-state index contributed by atoms with van der Waals surface area (Å²) in [6, 6.07) is 1.26. The second-order valence-electron chi connectivity index (χ2n) is 7.60. The second kappa shape index (κ2) is 5.34. The monoisotopic (exact) mass is 267 g/mol. The molecule has 112 valence electrons. The van der Waals surface area contributed by atoms with Crippen LogP contribution in [0.2, 0.25) is 0 Å². The van der Waals surface area contributed by atoms with Crippen molar-refractivity contribution < 1.29 is 0 Å². The summed E-state index contributed by atoms with van der Waals surface area (Å²) in [5.41, 5.74) is 6.87. The largest absolute Gasteiger partial charge is 0.329 e.